The Hall–Kier alpha value is -1.41. The highest BCUT2D eigenvalue weighted by atomic mass is 16.8. The number of Topliss-reactive ketones (excluding diaryl/α,β-unsaturated/α-hetero) is 1. The first-order valence-corrected chi connectivity index (χ1v) is 30.2. The fraction of sp³-hybridized carbons (Fsp3) is 0.982. The zero-order valence-electron chi connectivity index (χ0n) is 47.7. The highest BCUT2D eigenvalue weighted by Crippen LogP contribution is 2.70. The van der Waals surface area contributed by atoms with Gasteiger partial charge < -0.3 is 133 Å². The van der Waals surface area contributed by atoms with Crippen molar-refractivity contribution in [1.82, 2.24) is 0 Å². The van der Waals surface area contributed by atoms with Crippen LogP contribution in [0.3, 0.4) is 0 Å². The van der Waals surface area contributed by atoms with E-state index in [1.54, 1.807) is 0 Å². The molecule has 84 heavy (non-hydrogen) atoms. The minimum atomic E-state index is -2.19. The van der Waals surface area contributed by atoms with E-state index >= 15 is 0 Å². The third kappa shape index (κ3) is 11.0. The predicted molar refractivity (Wildman–Crippen MR) is 275 cm³/mol. The van der Waals surface area contributed by atoms with Crippen molar-refractivity contribution in [3.05, 3.63) is 0 Å². The Labute approximate surface area is 485 Å². The summed E-state index contributed by atoms with van der Waals surface area (Å²) in [5.74, 6) is 1.14. The maximum Gasteiger partial charge on any atom is 0.187 e. The molecular formula is C56H90O28. The van der Waals surface area contributed by atoms with Crippen LogP contribution < -0.4 is 0 Å². The normalized spacial score (nSPS) is 56.8. The highest BCUT2D eigenvalue weighted by molar-refractivity contribution is 5.87. The van der Waals surface area contributed by atoms with Gasteiger partial charge in [-0.05, 0) is 80.0 Å². The number of hydrogen-bond donors (Lipinski definition) is 15. The number of aliphatic hydroxyl groups is 15. The van der Waals surface area contributed by atoms with E-state index in [1.165, 1.54) is 0 Å². The van der Waals surface area contributed by atoms with Gasteiger partial charge in [0.1, 0.15) is 122 Å². The van der Waals surface area contributed by atoms with E-state index in [-0.39, 0.29) is 41.1 Å². The van der Waals surface area contributed by atoms with E-state index in [9.17, 15) is 81.4 Å². The average molecular weight is 1210 g/mol. The molecule has 15 N–H and O–H groups in total. The molecule has 11 aliphatic rings. The second kappa shape index (κ2) is 25.0. The second-order valence-corrected chi connectivity index (χ2v) is 26.6. The zero-order chi connectivity index (χ0) is 60.2. The summed E-state index contributed by atoms with van der Waals surface area (Å²) < 4.78 is 73.1. The number of aliphatic hydroxyl groups excluding tert-OH is 15. The molecule has 0 aromatic carbocycles. The average Bonchev–Trinajstić information content (AvgIpc) is 3.41. The molecule has 0 aromatic heterocycles. The summed E-state index contributed by atoms with van der Waals surface area (Å²) in [6.45, 7) is 5.29. The molecule has 0 bridgehead atoms. The molecule has 0 aromatic rings. The quantitative estimate of drug-likeness (QED) is 0.0723. The smallest absolute Gasteiger partial charge is 0.187 e. The van der Waals surface area contributed by atoms with Crippen molar-refractivity contribution in [2.45, 2.75) is 251 Å². The van der Waals surface area contributed by atoms with E-state index < -0.39 is 198 Å². The summed E-state index contributed by atoms with van der Waals surface area (Å²) in [4.78, 5) is 14.8. The van der Waals surface area contributed by atoms with Gasteiger partial charge in [0.15, 0.2) is 37.2 Å². The maximum atomic E-state index is 14.8. The fourth-order valence-electron chi connectivity index (χ4n) is 17.0. The molecule has 28 nitrogen and oxygen atoms in total. The molecule has 4 aliphatic carbocycles. The van der Waals surface area contributed by atoms with Crippen molar-refractivity contribution in [2.75, 3.05) is 39.6 Å². The van der Waals surface area contributed by atoms with Crippen LogP contribution in [0, 0.1) is 52.3 Å². The topological polar surface area (TPSA) is 431 Å². The van der Waals surface area contributed by atoms with Gasteiger partial charge in [-0.25, -0.2) is 0 Å². The van der Waals surface area contributed by atoms with Gasteiger partial charge in [-0.3, -0.25) is 4.79 Å². The predicted octanol–water partition coefficient (Wildman–Crippen LogP) is -5.27. The van der Waals surface area contributed by atoms with Crippen molar-refractivity contribution in [1.29, 1.82) is 0 Å². The number of ether oxygens (including phenoxy) is 12. The molecule has 7 saturated heterocycles. The zero-order valence-corrected chi connectivity index (χ0v) is 47.7. The number of carbonyl (C=O) groups excluding carboxylic acids is 1. The summed E-state index contributed by atoms with van der Waals surface area (Å²) >= 11 is 0. The Morgan fingerprint density at radius 1 is 0.512 bits per heavy atom. The molecule has 7 aliphatic heterocycles. The van der Waals surface area contributed by atoms with E-state index in [0.29, 0.717) is 43.5 Å². The lowest BCUT2D eigenvalue weighted by Crippen LogP contribution is -2.69. The Bertz CT molecular complexity index is 2230. The minimum absolute atomic E-state index is 0.0378. The van der Waals surface area contributed by atoms with Crippen LogP contribution in [0.5, 0.6) is 0 Å². The van der Waals surface area contributed by atoms with Gasteiger partial charge in [-0.2, -0.15) is 0 Å². The minimum Gasteiger partial charge on any atom is -0.394 e. The van der Waals surface area contributed by atoms with Gasteiger partial charge in [-0.1, -0.05) is 27.7 Å². The molecule has 11 rings (SSSR count). The van der Waals surface area contributed by atoms with Gasteiger partial charge in [0.25, 0.3) is 0 Å². The van der Waals surface area contributed by atoms with Crippen molar-refractivity contribution >= 4 is 5.78 Å². The molecule has 0 radical (unpaired) electrons. The van der Waals surface area contributed by atoms with Crippen LogP contribution in [0.4, 0.5) is 0 Å². The molecule has 482 valence electrons. The Kier molecular flexibility index (Phi) is 19.1. The molecule has 4 saturated carbocycles. The van der Waals surface area contributed by atoms with Gasteiger partial charge in [0.2, 0.25) is 0 Å². The third-order valence-corrected chi connectivity index (χ3v) is 22.0. The molecule has 7 heterocycles. The van der Waals surface area contributed by atoms with Crippen molar-refractivity contribution < 1.29 is 138 Å². The SMILES string of the molecule is C[C@@H]1CC[C@]2(OC1)O[C@H]1C[C@@H]3[C@H]4CC[C@@H]5C[C@H](O[C@H]6O[C@@H](CO)[C@H](O[C@H]7O[C@@H](CO)[C@H](O)[C@@H](O[C@H]8OC[C@H](O)[C@@H](O)[C@@H]8O)[C@@H]7O[C@H]7O[C@@H](CO)[C@H](O)[C@@H](O[C@H]8O[C@@H](CO)[C@H](O)[C@@H](O)[C@@H]8O)[C@@H]7O)[C@@H](O)[C@@H]6O)CC[C@]5(C)[C@H]4CC(=O)[C@]3(C)[C@H]1[C@@H]2C. The van der Waals surface area contributed by atoms with Gasteiger partial charge in [-0.15, -0.1) is 0 Å². The molecule has 0 unspecified atom stereocenters. The van der Waals surface area contributed by atoms with Crippen molar-refractivity contribution in [3.8, 4) is 0 Å². The summed E-state index contributed by atoms with van der Waals surface area (Å²) in [7, 11) is 0. The fourth-order valence-corrected chi connectivity index (χ4v) is 17.0. The van der Waals surface area contributed by atoms with Crippen LogP contribution in [0.2, 0.25) is 0 Å². The number of rotatable bonds is 14. The molecular weight excluding hydrogens is 1120 g/mol. The van der Waals surface area contributed by atoms with E-state index in [2.05, 4.69) is 27.7 Å². The van der Waals surface area contributed by atoms with Crippen LogP contribution in [-0.4, -0.2) is 287 Å². The number of ketones is 1. The van der Waals surface area contributed by atoms with Crippen molar-refractivity contribution in [3.63, 3.8) is 0 Å². The summed E-state index contributed by atoms with van der Waals surface area (Å²) in [5, 5.41) is 164. The second-order valence-electron chi connectivity index (χ2n) is 26.6. The summed E-state index contributed by atoms with van der Waals surface area (Å²) in [5.41, 5.74) is -0.699. The van der Waals surface area contributed by atoms with Crippen LogP contribution in [-0.2, 0) is 61.6 Å². The van der Waals surface area contributed by atoms with E-state index in [4.69, 9.17) is 56.8 Å². The Morgan fingerprint density at radius 3 is 1.75 bits per heavy atom. The van der Waals surface area contributed by atoms with E-state index in [1.807, 2.05) is 0 Å². The van der Waals surface area contributed by atoms with Gasteiger partial charge >= 0.3 is 0 Å². The largest absolute Gasteiger partial charge is 0.394 e. The van der Waals surface area contributed by atoms with Crippen LogP contribution in [0.15, 0.2) is 0 Å². The lowest BCUT2D eigenvalue weighted by molar-refractivity contribution is -0.409. The lowest BCUT2D eigenvalue weighted by atomic mass is 9.44. The standard InChI is InChI=1S/C56H90O28/c1-20-7-10-56(74-18-20)21(2)34-28(84-56)12-26-24-6-5-22-11-23(8-9-54(22,3)25(24)13-33(62)55(26,34)4)75-50-43(71)40(68)45(32(17-60)79-50)80-53-48(47(38(66)31(16-59)78-53)82-49-41(69)35(63)27(61)19-73-49)83-52-44(72)46(37(65)30(15-58)77-52)81-51-42(70)39(67)36(64)29(14-57)76-51/h20-32,34-53,57-61,63-72H,5-19H2,1-4H3/t20-,21+,22-,23-,24+,25+,26-,27+,28+,29+,30+,31+,32+,34+,35-,36+,37+,38+,39-,40+,41+,42+,43+,44+,45+,46-,47-,48+,49-,50+,51-,52-,53-,54+,55-,56+/m1/s1. The van der Waals surface area contributed by atoms with Crippen LogP contribution >= 0.6 is 0 Å². The summed E-state index contributed by atoms with van der Waals surface area (Å²) in [6, 6.07) is 0. The monoisotopic (exact) mass is 1210 g/mol. The first-order chi connectivity index (χ1) is 39.9. The molecule has 1 spiro atoms. The summed E-state index contributed by atoms with van der Waals surface area (Å²) in [6.07, 6.45) is -38.3. The van der Waals surface area contributed by atoms with Crippen LogP contribution in [0.25, 0.3) is 0 Å². The van der Waals surface area contributed by atoms with Gasteiger partial charge in [0.05, 0.1) is 51.8 Å². The molecule has 0 amide bonds. The first-order valence-electron chi connectivity index (χ1n) is 30.2. The first kappa shape index (κ1) is 64.1. The van der Waals surface area contributed by atoms with Crippen LogP contribution in [0.1, 0.15) is 85.5 Å². The maximum absolute atomic E-state index is 14.8. The molecule has 11 fully saturated rings. The molecule has 36 atom stereocenters. The Balaban J connectivity index is 0.789. The number of hydrogen-bond acceptors (Lipinski definition) is 28. The van der Waals surface area contributed by atoms with Crippen molar-refractivity contribution in [2.24, 2.45) is 52.3 Å². The third-order valence-electron chi connectivity index (χ3n) is 22.0. The lowest BCUT2D eigenvalue weighted by Gasteiger charge is -2.60. The Morgan fingerprint density at radius 2 is 1.08 bits per heavy atom. The van der Waals surface area contributed by atoms with E-state index in [0.717, 1.165) is 38.5 Å². The number of carbonyl (C=O) groups is 1. The van der Waals surface area contributed by atoms with Gasteiger partial charge in [0, 0.05) is 30.1 Å². The molecule has 28 heteroatoms. The number of fused-ring (bicyclic) bond motifs is 7. The highest BCUT2D eigenvalue weighted by Gasteiger charge is 2.72.